The molecule has 0 saturated carbocycles. The summed E-state index contributed by atoms with van der Waals surface area (Å²) in [4.78, 5) is 0. The Hall–Kier alpha value is -0.760. The molecule has 0 saturated heterocycles. The summed E-state index contributed by atoms with van der Waals surface area (Å²) >= 11 is 5.66. The molecule has 0 fully saturated rings. The maximum Gasteiger partial charge on any atom is 0.141 e. The highest BCUT2D eigenvalue weighted by atomic mass is 35.5. The molecule has 1 aromatic carbocycles. The van der Waals surface area contributed by atoms with Gasteiger partial charge in [-0.15, -0.1) is 0 Å². The predicted molar refractivity (Wildman–Crippen MR) is 59.3 cm³/mol. The molecule has 0 radical (unpaired) electrons. The van der Waals surface area contributed by atoms with Crippen LogP contribution in [0.1, 0.15) is 20.8 Å². The van der Waals surface area contributed by atoms with E-state index < -0.39 is 0 Å². The second-order valence-corrected chi connectivity index (χ2v) is 4.21. The molecule has 3 heteroatoms. The number of anilines is 1. The van der Waals surface area contributed by atoms with Crippen molar-refractivity contribution in [1.82, 2.24) is 0 Å². The Balaban J connectivity index is 2.73. The van der Waals surface area contributed by atoms with Crippen LogP contribution < -0.4 is 5.32 Å². The molecular formula is C11H15ClFN. The normalized spacial score (nSPS) is 13.0. The molecule has 1 unspecified atom stereocenters. The number of benzene rings is 1. The molecule has 0 spiro atoms. The number of halogens is 2. The number of hydrogen-bond acceptors (Lipinski definition) is 1. The van der Waals surface area contributed by atoms with Crippen LogP contribution in [0.15, 0.2) is 18.2 Å². The van der Waals surface area contributed by atoms with Crippen molar-refractivity contribution in [3.8, 4) is 0 Å². The van der Waals surface area contributed by atoms with E-state index in [0.717, 1.165) is 5.69 Å². The monoisotopic (exact) mass is 215 g/mol. The molecule has 0 bridgehead atoms. The molecular weight excluding hydrogens is 201 g/mol. The molecule has 1 N–H and O–H groups in total. The molecule has 0 aliphatic carbocycles. The van der Waals surface area contributed by atoms with Crippen LogP contribution in [0.3, 0.4) is 0 Å². The first-order chi connectivity index (χ1) is 6.50. The lowest BCUT2D eigenvalue weighted by Crippen LogP contribution is -2.21. The van der Waals surface area contributed by atoms with E-state index in [1.54, 1.807) is 12.1 Å². The predicted octanol–water partition coefficient (Wildman–Crippen LogP) is 3.94. The van der Waals surface area contributed by atoms with Gasteiger partial charge in [-0.1, -0.05) is 25.4 Å². The zero-order valence-electron chi connectivity index (χ0n) is 8.64. The van der Waals surface area contributed by atoms with Crippen molar-refractivity contribution in [3.05, 3.63) is 29.0 Å². The van der Waals surface area contributed by atoms with Gasteiger partial charge in [0.1, 0.15) is 5.82 Å². The van der Waals surface area contributed by atoms with Gasteiger partial charge < -0.3 is 5.32 Å². The number of nitrogens with one attached hydrogen (secondary N) is 1. The Bertz CT molecular complexity index is 312. The Kier molecular flexibility index (Phi) is 3.76. The van der Waals surface area contributed by atoms with Crippen LogP contribution in [0.2, 0.25) is 5.02 Å². The Labute approximate surface area is 89.3 Å². The molecule has 1 aromatic rings. The molecule has 0 aliphatic heterocycles. The molecule has 1 atom stereocenters. The van der Waals surface area contributed by atoms with Gasteiger partial charge >= 0.3 is 0 Å². The van der Waals surface area contributed by atoms with Crippen molar-refractivity contribution >= 4 is 17.3 Å². The van der Waals surface area contributed by atoms with Gasteiger partial charge in [-0.25, -0.2) is 4.39 Å². The van der Waals surface area contributed by atoms with Crippen molar-refractivity contribution in [2.45, 2.75) is 26.8 Å². The first-order valence-corrected chi connectivity index (χ1v) is 5.10. The van der Waals surface area contributed by atoms with Gasteiger partial charge in [0.05, 0.1) is 5.02 Å². The summed E-state index contributed by atoms with van der Waals surface area (Å²) in [6, 6.07) is 5.02. The minimum atomic E-state index is -0.380. The van der Waals surface area contributed by atoms with Crippen LogP contribution in [0.5, 0.6) is 0 Å². The van der Waals surface area contributed by atoms with E-state index in [-0.39, 0.29) is 10.8 Å². The largest absolute Gasteiger partial charge is 0.382 e. The average molecular weight is 216 g/mol. The van der Waals surface area contributed by atoms with Crippen molar-refractivity contribution in [3.63, 3.8) is 0 Å². The summed E-state index contributed by atoms with van der Waals surface area (Å²) in [5.74, 6) is 0.147. The lowest BCUT2D eigenvalue weighted by Gasteiger charge is -2.18. The second kappa shape index (κ2) is 4.65. The van der Waals surface area contributed by atoms with Gasteiger partial charge in [0, 0.05) is 11.7 Å². The van der Waals surface area contributed by atoms with Gasteiger partial charge in [-0.05, 0) is 31.0 Å². The molecule has 1 rings (SSSR count). The van der Waals surface area contributed by atoms with Crippen molar-refractivity contribution in [2.75, 3.05) is 5.32 Å². The molecule has 78 valence electrons. The van der Waals surface area contributed by atoms with Crippen LogP contribution in [-0.4, -0.2) is 6.04 Å². The van der Waals surface area contributed by atoms with E-state index in [9.17, 15) is 4.39 Å². The lowest BCUT2D eigenvalue weighted by molar-refractivity contribution is 0.559. The summed E-state index contributed by atoms with van der Waals surface area (Å²) in [7, 11) is 0. The summed E-state index contributed by atoms with van der Waals surface area (Å²) < 4.78 is 12.8. The molecule has 1 nitrogen and oxygen atoms in total. The third-order valence-corrected chi connectivity index (χ3v) is 2.60. The Morgan fingerprint density at radius 2 is 1.93 bits per heavy atom. The van der Waals surface area contributed by atoms with Gasteiger partial charge in [0.25, 0.3) is 0 Å². The van der Waals surface area contributed by atoms with Crippen LogP contribution in [0, 0.1) is 11.7 Å². The first kappa shape index (κ1) is 11.3. The molecule has 14 heavy (non-hydrogen) atoms. The maximum absolute atomic E-state index is 12.8. The van der Waals surface area contributed by atoms with Crippen LogP contribution >= 0.6 is 11.6 Å². The SMILES string of the molecule is CC(C)C(C)Nc1ccc(F)c(Cl)c1. The maximum atomic E-state index is 12.8. The van der Waals surface area contributed by atoms with Gasteiger partial charge in [-0.2, -0.15) is 0 Å². The summed E-state index contributed by atoms with van der Waals surface area (Å²) in [5, 5.41) is 3.42. The Morgan fingerprint density at radius 1 is 1.29 bits per heavy atom. The molecule has 0 heterocycles. The minimum Gasteiger partial charge on any atom is -0.382 e. The topological polar surface area (TPSA) is 12.0 Å². The van der Waals surface area contributed by atoms with Gasteiger partial charge in [0.15, 0.2) is 0 Å². The smallest absolute Gasteiger partial charge is 0.141 e. The first-order valence-electron chi connectivity index (χ1n) is 4.72. The van der Waals surface area contributed by atoms with Crippen molar-refractivity contribution < 1.29 is 4.39 Å². The summed E-state index contributed by atoms with van der Waals surface area (Å²) in [6.07, 6.45) is 0. The lowest BCUT2D eigenvalue weighted by atomic mass is 10.1. The summed E-state index contributed by atoms with van der Waals surface area (Å²) in [5.41, 5.74) is 0.859. The fourth-order valence-electron chi connectivity index (χ4n) is 1.02. The van der Waals surface area contributed by atoms with E-state index in [2.05, 4.69) is 26.1 Å². The second-order valence-electron chi connectivity index (χ2n) is 3.81. The highest BCUT2D eigenvalue weighted by Gasteiger charge is 2.07. The fraction of sp³-hybridized carbons (Fsp3) is 0.455. The highest BCUT2D eigenvalue weighted by Crippen LogP contribution is 2.20. The van der Waals surface area contributed by atoms with Crippen LogP contribution in [-0.2, 0) is 0 Å². The van der Waals surface area contributed by atoms with E-state index in [1.165, 1.54) is 6.07 Å². The minimum absolute atomic E-state index is 0.158. The highest BCUT2D eigenvalue weighted by molar-refractivity contribution is 6.31. The standard InChI is InChI=1S/C11H15ClFN/c1-7(2)8(3)14-9-4-5-11(13)10(12)6-9/h4-8,14H,1-3H3. The number of hydrogen-bond donors (Lipinski definition) is 1. The zero-order chi connectivity index (χ0) is 10.7. The quantitative estimate of drug-likeness (QED) is 0.806. The van der Waals surface area contributed by atoms with Gasteiger partial charge in [-0.3, -0.25) is 0 Å². The third-order valence-electron chi connectivity index (χ3n) is 2.31. The molecule has 0 amide bonds. The molecule has 0 aliphatic rings. The summed E-state index contributed by atoms with van der Waals surface area (Å²) in [6.45, 7) is 6.34. The van der Waals surface area contributed by atoms with Gasteiger partial charge in [0.2, 0.25) is 0 Å². The third kappa shape index (κ3) is 2.88. The number of rotatable bonds is 3. The van der Waals surface area contributed by atoms with E-state index in [1.807, 2.05) is 0 Å². The van der Waals surface area contributed by atoms with Crippen LogP contribution in [0.25, 0.3) is 0 Å². The average Bonchev–Trinajstić information content (AvgIpc) is 2.11. The molecule has 0 aromatic heterocycles. The van der Waals surface area contributed by atoms with Crippen LogP contribution in [0.4, 0.5) is 10.1 Å². The van der Waals surface area contributed by atoms with E-state index in [0.29, 0.717) is 12.0 Å². The fourth-order valence-corrected chi connectivity index (χ4v) is 1.20. The van der Waals surface area contributed by atoms with Crippen molar-refractivity contribution in [2.24, 2.45) is 5.92 Å². The van der Waals surface area contributed by atoms with Crippen molar-refractivity contribution in [1.29, 1.82) is 0 Å². The van der Waals surface area contributed by atoms with E-state index >= 15 is 0 Å². The Morgan fingerprint density at radius 3 is 2.43 bits per heavy atom. The van der Waals surface area contributed by atoms with E-state index in [4.69, 9.17) is 11.6 Å². The zero-order valence-corrected chi connectivity index (χ0v) is 9.40.